The zero-order valence-corrected chi connectivity index (χ0v) is 10.6. The van der Waals surface area contributed by atoms with Crippen LogP contribution in [0.25, 0.3) is 0 Å². The summed E-state index contributed by atoms with van der Waals surface area (Å²) in [5, 5.41) is 10.9. The van der Waals surface area contributed by atoms with Gasteiger partial charge in [0.1, 0.15) is 11.5 Å². The first-order valence-electron chi connectivity index (χ1n) is 6.53. The molecule has 0 radical (unpaired) electrons. The van der Waals surface area contributed by atoms with Crippen molar-refractivity contribution in [1.82, 2.24) is 0 Å². The molecule has 0 aromatic heterocycles. The SMILES string of the molecule is COc1ccc([C@]2(O)C[C@H]3CC[C@@H]2CC3=O)cc1. The number of ether oxygens (including phenoxy) is 1. The molecule has 3 aliphatic carbocycles. The highest BCUT2D eigenvalue weighted by Crippen LogP contribution is 2.50. The number of hydrogen-bond donors (Lipinski definition) is 1. The van der Waals surface area contributed by atoms with Crippen LogP contribution in [-0.4, -0.2) is 18.0 Å². The molecule has 3 heteroatoms. The number of fused-ring (bicyclic) bond motifs is 3. The summed E-state index contributed by atoms with van der Waals surface area (Å²) >= 11 is 0. The van der Waals surface area contributed by atoms with Crippen LogP contribution in [0.15, 0.2) is 24.3 Å². The molecule has 0 spiro atoms. The van der Waals surface area contributed by atoms with Gasteiger partial charge in [0.15, 0.2) is 0 Å². The maximum absolute atomic E-state index is 11.7. The van der Waals surface area contributed by atoms with E-state index in [9.17, 15) is 9.90 Å². The van der Waals surface area contributed by atoms with Crippen LogP contribution in [0.3, 0.4) is 0 Å². The van der Waals surface area contributed by atoms with Gasteiger partial charge in [-0.3, -0.25) is 4.79 Å². The van der Waals surface area contributed by atoms with Crippen molar-refractivity contribution >= 4 is 5.78 Å². The molecular weight excluding hydrogens is 228 g/mol. The predicted octanol–water partition coefficient (Wildman–Crippen LogP) is 2.27. The van der Waals surface area contributed by atoms with E-state index in [0.717, 1.165) is 24.2 Å². The molecule has 4 rings (SSSR count). The van der Waals surface area contributed by atoms with Gasteiger partial charge in [-0.05, 0) is 42.9 Å². The summed E-state index contributed by atoms with van der Waals surface area (Å²) in [6.45, 7) is 0. The van der Waals surface area contributed by atoms with Gasteiger partial charge < -0.3 is 9.84 Å². The number of methoxy groups -OCH3 is 1. The maximum Gasteiger partial charge on any atom is 0.136 e. The Balaban J connectivity index is 1.92. The highest BCUT2D eigenvalue weighted by Gasteiger charge is 2.50. The fourth-order valence-corrected chi connectivity index (χ4v) is 3.47. The van der Waals surface area contributed by atoms with E-state index in [1.807, 2.05) is 24.3 Å². The van der Waals surface area contributed by atoms with Crippen LogP contribution in [-0.2, 0) is 10.4 Å². The average molecular weight is 246 g/mol. The predicted molar refractivity (Wildman–Crippen MR) is 67.3 cm³/mol. The van der Waals surface area contributed by atoms with Crippen LogP contribution in [0.1, 0.15) is 31.2 Å². The van der Waals surface area contributed by atoms with Crippen LogP contribution in [0.4, 0.5) is 0 Å². The van der Waals surface area contributed by atoms with Gasteiger partial charge in [0.05, 0.1) is 12.7 Å². The van der Waals surface area contributed by atoms with Gasteiger partial charge in [0.25, 0.3) is 0 Å². The minimum absolute atomic E-state index is 0.0575. The molecule has 0 heterocycles. The molecule has 1 aromatic carbocycles. The molecule has 1 aromatic rings. The van der Waals surface area contributed by atoms with E-state index in [2.05, 4.69) is 0 Å². The van der Waals surface area contributed by atoms with Crippen molar-refractivity contribution < 1.29 is 14.6 Å². The first-order chi connectivity index (χ1) is 8.63. The molecule has 3 saturated carbocycles. The zero-order chi connectivity index (χ0) is 12.8. The van der Waals surface area contributed by atoms with E-state index < -0.39 is 5.60 Å². The Morgan fingerprint density at radius 1 is 1.28 bits per heavy atom. The smallest absolute Gasteiger partial charge is 0.136 e. The molecule has 0 amide bonds. The fraction of sp³-hybridized carbons (Fsp3) is 0.533. The average Bonchev–Trinajstić information content (AvgIpc) is 2.40. The van der Waals surface area contributed by atoms with Crippen molar-refractivity contribution in [3.05, 3.63) is 29.8 Å². The maximum atomic E-state index is 11.7. The minimum Gasteiger partial charge on any atom is -0.497 e. The third-order valence-corrected chi connectivity index (χ3v) is 4.59. The highest BCUT2D eigenvalue weighted by atomic mass is 16.5. The van der Waals surface area contributed by atoms with Crippen molar-refractivity contribution in [3.63, 3.8) is 0 Å². The number of ketones is 1. The minimum atomic E-state index is -0.816. The lowest BCUT2D eigenvalue weighted by Gasteiger charge is -2.48. The fourth-order valence-electron chi connectivity index (χ4n) is 3.47. The summed E-state index contributed by atoms with van der Waals surface area (Å²) in [5.74, 6) is 1.27. The Morgan fingerprint density at radius 3 is 2.50 bits per heavy atom. The number of benzene rings is 1. The van der Waals surface area contributed by atoms with Gasteiger partial charge in [-0.2, -0.15) is 0 Å². The molecule has 0 unspecified atom stereocenters. The molecule has 1 N–H and O–H groups in total. The highest BCUT2D eigenvalue weighted by molar-refractivity contribution is 5.83. The molecule has 96 valence electrons. The Kier molecular flexibility index (Phi) is 2.67. The first kappa shape index (κ1) is 11.7. The summed E-state index contributed by atoms with van der Waals surface area (Å²) in [7, 11) is 1.63. The van der Waals surface area contributed by atoms with Gasteiger partial charge in [-0.1, -0.05) is 12.1 Å². The lowest BCUT2D eigenvalue weighted by atomic mass is 9.59. The van der Waals surface area contributed by atoms with Gasteiger partial charge in [-0.25, -0.2) is 0 Å². The Hall–Kier alpha value is -1.35. The summed E-state index contributed by atoms with van der Waals surface area (Å²) in [6, 6.07) is 7.59. The summed E-state index contributed by atoms with van der Waals surface area (Å²) in [6.07, 6.45) is 3.02. The van der Waals surface area contributed by atoms with E-state index in [0.29, 0.717) is 18.6 Å². The molecule has 18 heavy (non-hydrogen) atoms. The molecule has 3 atom stereocenters. The number of carbonyl (C=O) groups excluding carboxylic acids is 1. The number of hydrogen-bond acceptors (Lipinski definition) is 3. The van der Waals surface area contributed by atoms with Gasteiger partial charge in [0, 0.05) is 12.3 Å². The van der Waals surface area contributed by atoms with Crippen molar-refractivity contribution in [2.45, 2.75) is 31.3 Å². The van der Waals surface area contributed by atoms with Crippen LogP contribution < -0.4 is 4.74 Å². The topological polar surface area (TPSA) is 46.5 Å². The molecule has 3 aliphatic rings. The van der Waals surface area contributed by atoms with E-state index >= 15 is 0 Å². The summed E-state index contributed by atoms with van der Waals surface area (Å²) < 4.78 is 5.13. The second kappa shape index (κ2) is 4.09. The van der Waals surface area contributed by atoms with Gasteiger partial charge >= 0.3 is 0 Å². The Morgan fingerprint density at radius 2 is 2.00 bits per heavy atom. The zero-order valence-electron chi connectivity index (χ0n) is 10.6. The van der Waals surface area contributed by atoms with Crippen LogP contribution in [0, 0.1) is 11.8 Å². The molecule has 2 bridgehead atoms. The number of Topliss-reactive ketones (excluding diaryl/α,β-unsaturated/α-hetero) is 1. The summed E-state index contributed by atoms with van der Waals surface area (Å²) in [5.41, 5.74) is 0.105. The van der Waals surface area contributed by atoms with Crippen molar-refractivity contribution in [2.24, 2.45) is 11.8 Å². The van der Waals surface area contributed by atoms with Crippen molar-refractivity contribution in [3.8, 4) is 5.75 Å². The number of rotatable bonds is 2. The Bertz CT molecular complexity index is 465. The molecule has 3 nitrogen and oxygen atoms in total. The van der Waals surface area contributed by atoms with Crippen LogP contribution >= 0.6 is 0 Å². The van der Waals surface area contributed by atoms with E-state index in [1.165, 1.54) is 0 Å². The van der Waals surface area contributed by atoms with E-state index in [1.54, 1.807) is 7.11 Å². The normalized spacial score (nSPS) is 34.7. The quantitative estimate of drug-likeness (QED) is 0.870. The van der Waals surface area contributed by atoms with Crippen molar-refractivity contribution in [2.75, 3.05) is 7.11 Å². The lowest BCUT2D eigenvalue weighted by molar-refractivity contribution is -0.150. The Labute approximate surface area is 107 Å². The first-order valence-corrected chi connectivity index (χ1v) is 6.53. The molecule has 3 fully saturated rings. The molecule has 0 saturated heterocycles. The molecular formula is C15H18O3. The standard InChI is InChI=1S/C15H18O3/c1-18-13-6-4-11(5-7-13)15(17)9-10-2-3-12(15)8-14(10)16/h4-7,10,12,17H,2-3,8-9H2,1H3/t10-,12-,15-/m1/s1. The number of aliphatic hydroxyl groups is 1. The van der Waals surface area contributed by atoms with Gasteiger partial charge in [0.2, 0.25) is 0 Å². The monoisotopic (exact) mass is 246 g/mol. The van der Waals surface area contributed by atoms with Crippen molar-refractivity contribution in [1.29, 1.82) is 0 Å². The molecule has 0 aliphatic heterocycles. The van der Waals surface area contributed by atoms with Gasteiger partial charge in [-0.15, -0.1) is 0 Å². The van der Waals surface area contributed by atoms with E-state index in [4.69, 9.17) is 4.74 Å². The lowest BCUT2D eigenvalue weighted by Crippen LogP contribution is -2.49. The third-order valence-electron chi connectivity index (χ3n) is 4.59. The number of carbonyl (C=O) groups is 1. The van der Waals surface area contributed by atoms with E-state index in [-0.39, 0.29) is 11.8 Å². The second-order valence-corrected chi connectivity index (χ2v) is 5.50. The third kappa shape index (κ3) is 1.65. The van der Waals surface area contributed by atoms with Crippen LogP contribution in [0.5, 0.6) is 5.75 Å². The largest absolute Gasteiger partial charge is 0.497 e. The second-order valence-electron chi connectivity index (χ2n) is 5.50. The summed E-state index contributed by atoms with van der Waals surface area (Å²) in [4.78, 5) is 11.7. The van der Waals surface area contributed by atoms with Crippen LogP contribution in [0.2, 0.25) is 0 Å².